The number of hydrogen-bond acceptors (Lipinski definition) is 5. The van der Waals surface area contributed by atoms with Gasteiger partial charge < -0.3 is 19.8 Å². The number of aliphatic carboxylic acids is 2. The molecule has 5 aliphatic carbocycles. The standard InChI is InChI=1S/C34H49NO7/c1-19-18-35(28(41)42-19)24-9-10-31(4)23(34(24,7)27(39)40)8-11-33(6)25(31)22(36)16-20-21-17-30(3,26(37)38)13-12-29(21,2)14-15-32(20,33)5/h16,19,21,23-25H,8-15,17-18H2,1-7H3,(H,37,38)(H,39,40)/t19?,21-,23+,24-,25+,29+,30-,31-,32+,33+,34-/m0/s1. The predicted octanol–water partition coefficient (Wildman–Crippen LogP) is 6.33. The van der Waals surface area contributed by atoms with Crippen LogP contribution in [0.1, 0.15) is 106 Å². The first-order chi connectivity index (χ1) is 19.4. The Morgan fingerprint density at radius 2 is 1.57 bits per heavy atom. The van der Waals surface area contributed by atoms with E-state index in [9.17, 15) is 29.4 Å². The summed E-state index contributed by atoms with van der Waals surface area (Å²) < 4.78 is 5.43. The molecule has 1 unspecified atom stereocenters. The van der Waals surface area contributed by atoms with Crippen molar-refractivity contribution in [2.24, 2.45) is 50.2 Å². The minimum absolute atomic E-state index is 0.0215. The van der Waals surface area contributed by atoms with Gasteiger partial charge in [0.25, 0.3) is 0 Å². The average molecular weight is 584 g/mol. The molecular formula is C34H49NO7. The van der Waals surface area contributed by atoms with Crippen LogP contribution in [-0.2, 0) is 19.1 Å². The lowest BCUT2D eigenvalue weighted by Crippen LogP contribution is -2.69. The van der Waals surface area contributed by atoms with Crippen LogP contribution in [0.2, 0.25) is 0 Å². The molecular weight excluding hydrogens is 534 g/mol. The second-order valence-corrected chi connectivity index (χ2v) is 16.5. The van der Waals surface area contributed by atoms with Gasteiger partial charge in [0.15, 0.2) is 5.78 Å². The second-order valence-electron chi connectivity index (χ2n) is 16.5. The number of allylic oxidation sites excluding steroid dienone is 2. The molecule has 2 N–H and O–H groups in total. The Morgan fingerprint density at radius 3 is 2.17 bits per heavy atom. The van der Waals surface area contributed by atoms with Gasteiger partial charge in [-0.1, -0.05) is 33.3 Å². The van der Waals surface area contributed by atoms with Crippen molar-refractivity contribution in [3.63, 3.8) is 0 Å². The molecule has 11 atom stereocenters. The van der Waals surface area contributed by atoms with E-state index in [4.69, 9.17) is 4.74 Å². The van der Waals surface area contributed by atoms with Gasteiger partial charge in [-0.15, -0.1) is 0 Å². The number of ketones is 1. The number of rotatable bonds is 3. The molecule has 1 amide bonds. The Labute approximate surface area is 249 Å². The minimum atomic E-state index is -1.21. The fraction of sp³-hybridized carbons (Fsp3) is 0.824. The number of carbonyl (C=O) groups is 4. The van der Waals surface area contributed by atoms with Crippen molar-refractivity contribution in [2.45, 2.75) is 118 Å². The number of amides is 1. The predicted molar refractivity (Wildman–Crippen MR) is 155 cm³/mol. The van der Waals surface area contributed by atoms with Crippen molar-refractivity contribution >= 4 is 23.8 Å². The number of hydrogen-bond donors (Lipinski definition) is 2. The molecule has 0 spiro atoms. The molecule has 8 heteroatoms. The number of carbonyl (C=O) groups excluding carboxylic acids is 2. The molecule has 4 saturated carbocycles. The topological polar surface area (TPSA) is 121 Å². The summed E-state index contributed by atoms with van der Waals surface area (Å²) in [5.74, 6) is -2.14. The van der Waals surface area contributed by atoms with E-state index in [2.05, 4.69) is 27.7 Å². The van der Waals surface area contributed by atoms with Gasteiger partial charge >= 0.3 is 18.0 Å². The Hall–Kier alpha value is -2.38. The van der Waals surface area contributed by atoms with Gasteiger partial charge in [-0.3, -0.25) is 14.4 Å². The summed E-state index contributed by atoms with van der Waals surface area (Å²) in [6.07, 6.45) is 7.79. The van der Waals surface area contributed by atoms with E-state index in [0.717, 1.165) is 31.3 Å². The van der Waals surface area contributed by atoms with Crippen LogP contribution in [0.15, 0.2) is 11.6 Å². The van der Waals surface area contributed by atoms with Crippen LogP contribution in [0.25, 0.3) is 0 Å². The normalized spacial score (nSPS) is 51.8. The summed E-state index contributed by atoms with van der Waals surface area (Å²) in [5.41, 5.74) is -2.07. The van der Waals surface area contributed by atoms with Crippen molar-refractivity contribution < 1.29 is 34.1 Å². The number of nitrogens with zero attached hydrogens (tertiary/aromatic N) is 1. The van der Waals surface area contributed by atoms with Gasteiger partial charge in [-0.2, -0.15) is 0 Å². The van der Waals surface area contributed by atoms with Crippen LogP contribution < -0.4 is 0 Å². The molecule has 0 aromatic carbocycles. The first-order valence-electron chi connectivity index (χ1n) is 16.1. The summed E-state index contributed by atoms with van der Waals surface area (Å²) in [5, 5.41) is 21.0. The zero-order chi connectivity index (χ0) is 30.8. The van der Waals surface area contributed by atoms with E-state index < -0.39 is 40.3 Å². The molecule has 0 bridgehead atoms. The number of fused-ring (bicyclic) bond motifs is 7. The highest BCUT2D eigenvalue weighted by molar-refractivity contribution is 5.96. The molecule has 1 saturated heterocycles. The number of ether oxygens (including phenoxy) is 1. The van der Waals surface area contributed by atoms with E-state index >= 15 is 0 Å². The van der Waals surface area contributed by atoms with Gasteiger partial charge in [0.1, 0.15) is 6.10 Å². The van der Waals surface area contributed by atoms with Crippen LogP contribution >= 0.6 is 0 Å². The molecule has 42 heavy (non-hydrogen) atoms. The molecule has 6 rings (SSSR count). The molecule has 0 aromatic heterocycles. The van der Waals surface area contributed by atoms with E-state index in [-0.39, 0.29) is 45.9 Å². The molecule has 0 aromatic rings. The van der Waals surface area contributed by atoms with Crippen molar-refractivity contribution in [1.29, 1.82) is 0 Å². The Bertz CT molecular complexity index is 1290. The van der Waals surface area contributed by atoms with E-state index in [1.807, 2.05) is 19.9 Å². The molecule has 1 heterocycles. The lowest BCUT2D eigenvalue weighted by molar-refractivity contribution is -0.206. The van der Waals surface area contributed by atoms with Crippen molar-refractivity contribution in [3.8, 4) is 0 Å². The van der Waals surface area contributed by atoms with Crippen molar-refractivity contribution in [2.75, 3.05) is 6.54 Å². The summed E-state index contributed by atoms with van der Waals surface area (Å²) in [6.45, 7) is 14.9. The largest absolute Gasteiger partial charge is 0.481 e. The van der Waals surface area contributed by atoms with Crippen LogP contribution in [0.4, 0.5) is 4.79 Å². The SMILES string of the molecule is CC1CN([C@H]2CC[C@@]3(C)[C@@H](CC[C@]4(C)[C@@H]3C(=O)C=C3[C@@H]5C[C@@](C)(C(=O)O)CC[C@]5(C)CC[C@]34C)[C@]2(C)C(=O)O)C(=O)O1. The number of cyclic esters (lactones) is 1. The molecule has 1 aliphatic heterocycles. The first kappa shape index (κ1) is 29.7. The summed E-state index contributed by atoms with van der Waals surface area (Å²) in [7, 11) is 0. The van der Waals surface area contributed by atoms with E-state index in [1.54, 1.807) is 11.8 Å². The highest BCUT2D eigenvalue weighted by Crippen LogP contribution is 2.75. The van der Waals surface area contributed by atoms with Crippen molar-refractivity contribution in [1.82, 2.24) is 4.90 Å². The smallest absolute Gasteiger partial charge is 0.410 e. The molecule has 232 valence electrons. The fourth-order valence-corrected chi connectivity index (χ4v) is 11.7. The van der Waals surface area contributed by atoms with Gasteiger partial charge in [-0.25, -0.2) is 4.79 Å². The Kier molecular flexibility index (Phi) is 6.25. The molecule has 8 nitrogen and oxygen atoms in total. The maximum atomic E-state index is 14.6. The lowest BCUT2D eigenvalue weighted by Gasteiger charge is -2.70. The Balaban J connectivity index is 1.43. The third-order valence-electron chi connectivity index (χ3n) is 14.6. The van der Waals surface area contributed by atoms with Crippen LogP contribution in [0.3, 0.4) is 0 Å². The third kappa shape index (κ3) is 3.53. The summed E-state index contributed by atoms with van der Waals surface area (Å²) in [6, 6.07) is -0.485. The molecule has 6 aliphatic rings. The Morgan fingerprint density at radius 1 is 0.905 bits per heavy atom. The maximum absolute atomic E-state index is 14.6. The monoisotopic (exact) mass is 583 g/mol. The van der Waals surface area contributed by atoms with Crippen LogP contribution in [0, 0.1) is 50.2 Å². The zero-order valence-corrected chi connectivity index (χ0v) is 26.4. The van der Waals surface area contributed by atoms with Gasteiger partial charge in [0.2, 0.25) is 0 Å². The van der Waals surface area contributed by atoms with E-state index in [1.165, 1.54) is 0 Å². The second kappa shape index (κ2) is 8.84. The molecule has 0 radical (unpaired) electrons. The maximum Gasteiger partial charge on any atom is 0.410 e. The van der Waals surface area contributed by atoms with Gasteiger partial charge in [0.05, 0.1) is 23.4 Å². The van der Waals surface area contributed by atoms with Crippen LogP contribution in [-0.4, -0.2) is 57.6 Å². The van der Waals surface area contributed by atoms with Crippen molar-refractivity contribution in [3.05, 3.63) is 11.6 Å². The van der Waals surface area contributed by atoms with Gasteiger partial charge in [-0.05, 0) is 118 Å². The quantitative estimate of drug-likeness (QED) is 0.398. The molecule has 5 fully saturated rings. The highest BCUT2D eigenvalue weighted by Gasteiger charge is 2.72. The first-order valence-corrected chi connectivity index (χ1v) is 16.1. The van der Waals surface area contributed by atoms with E-state index in [0.29, 0.717) is 38.6 Å². The minimum Gasteiger partial charge on any atom is -0.481 e. The number of carboxylic acid groups (broad SMARTS) is 2. The number of carboxylic acids is 2. The van der Waals surface area contributed by atoms with Gasteiger partial charge in [0, 0.05) is 5.92 Å². The fourth-order valence-electron chi connectivity index (χ4n) is 11.7. The zero-order valence-electron chi connectivity index (χ0n) is 26.4. The third-order valence-corrected chi connectivity index (χ3v) is 14.6. The lowest BCUT2D eigenvalue weighted by atomic mass is 9.33. The summed E-state index contributed by atoms with van der Waals surface area (Å²) in [4.78, 5) is 54.6. The highest BCUT2D eigenvalue weighted by atomic mass is 16.6. The van der Waals surface area contributed by atoms with Crippen LogP contribution in [0.5, 0.6) is 0 Å². The average Bonchev–Trinajstić information content (AvgIpc) is 3.23. The summed E-state index contributed by atoms with van der Waals surface area (Å²) >= 11 is 0.